The predicted octanol–water partition coefficient (Wildman–Crippen LogP) is 2.54. The van der Waals surface area contributed by atoms with Crippen molar-refractivity contribution in [3.63, 3.8) is 0 Å². The Morgan fingerprint density at radius 2 is 1.87 bits per heavy atom. The lowest BCUT2D eigenvalue weighted by atomic mass is 9.94. The highest BCUT2D eigenvalue weighted by Crippen LogP contribution is 2.26. The largest absolute Gasteiger partial charge is 0.496 e. The van der Waals surface area contributed by atoms with Crippen LogP contribution in [0.25, 0.3) is 0 Å². The van der Waals surface area contributed by atoms with E-state index < -0.39 is 0 Å². The zero-order valence-corrected chi connectivity index (χ0v) is 10.1. The normalized spacial score (nSPS) is 11.5. The van der Waals surface area contributed by atoms with Gasteiger partial charge in [-0.05, 0) is 37.8 Å². The van der Waals surface area contributed by atoms with Crippen molar-refractivity contribution in [3.05, 3.63) is 29.3 Å². The summed E-state index contributed by atoms with van der Waals surface area (Å²) < 4.78 is 5.46. The van der Waals surface area contributed by atoms with Crippen molar-refractivity contribution in [2.45, 2.75) is 39.2 Å². The highest BCUT2D eigenvalue weighted by Gasteiger charge is 2.16. The summed E-state index contributed by atoms with van der Waals surface area (Å²) in [5.41, 5.74) is 8.28. The van der Waals surface area contributed by atoms with E-state index in [1.165, 1.54) is 11.1 Å². The van der Waals surface area contributed by atoms with Gasteiger partial charge in [0.15, 0.2) is 0 Å². The van der Waals surface area contributed by atoms with Crippen LogP contribution in [-0.2, 0) is 12.8 Å². The van der Waals surface area contributed by atoms with E-state index in [2.05, 4.69) is 25.1 Å². The first-order valence-corrected chi connectivity index (χ1v) is 5.41. The van der Waals surface area contributed by atoms with Gasteiger partial charge in [0.05, 0.1) is 7.11 Å². The fraction of sp³-hybridized carbons (Fsp3) is 0.538. The summed E-state index contributed by atoms with van der Waals surface area (Å²) in [6.07, 6.45) is 1.83. The van der Waals surface area contributed by atoms with Crippen LogP contribution in [0.4, 0.5) is 0 Å². The zero-order valence-electron chi connectivity index (χ0n) is 10.1. The quantitative estimate of drug-likeness (QED) is 0.823. The Bertz CT molecular complexity index is 326. The lowest BCUT2D eigenvalue weighted by Crippen LogP contribution is -2.34. The molecule has 0 atom stereocenters. The summed E-state index contributed by atoms with van der Waals surface area (Å²) in [7, 11) is 1.72. The molecule has 1 aromatic rings. The summed E-state index contributed by atoms with van der Waals surface area (Å²) in [5.74, 6) is 0.999. The minimum Gasteiger partial charge on any atom is -0.496 e. The molecule has 0 radical (unpaired) electrons. The maximum atomic E-state index is 6.03. The molecule has 84 valence electrons. The second-order valence-corrected chi connectivity index (χ2v) is 4.63. The van der Waals surface area contributed by atoms with Crippen molar-refractivity contribution in [2.24, 2.45) is 5.73 Å². The molecule has 2 N–H and O–H groups in total. The highest BCUT2D eigenvalue weighted by molar-refractivity contribution is 5.42. The van der Waals surface area contributed by atoms with Crippen molar-refractivity contribution in [1.82, 2.24) is 0 Å². The van der Waals surface area contributed by atoms with Crippen LogP contribution in [0, 0.1) is 0 Å². The number of methoxy groups -OCH3 is 1. The molecule has 0 fully saturated rings. The average Bonchev–Trinajstić information content (AvgIpc) is 2.15. The molecule has 0 aliphatic carbocycles. The van der Waals surface area contributed by atoms with Gasteiger partial charge in [0, 0.05) is 5.54 Å². The zero-order chi connectivity index (χ0) is 11.5. The number of rotatable bonds is 4. The van der Waals surface area contributed by atoms with Gasteiger partial charge in [0.2, 0.25) is 0 Å². The van der Waals surface area contributed by atoms with E-state index >= 15 is 0 Å². The summed E-state index contributed by atoms with van der Waals surface area (Å²) in [5, 5.41) is 0. The van der Waals surface area contributed by atoms with Gasteiger partial charge in [-0.3, -0.25) is 0 Å². The third-order valence-corrected chi connectivity index (χ3v) is 2.41. The maximum Gasteiger partial charge on any atom is 0.125 e. The lowest BCUT2D eigenvalue weighted by Gasteiger charge is -2.21. The highest BCUT2D eigenvalue weighted by atomic mass is 16.5. The fourth-order valence-electron chi connectivity index (χ4n) is 1.81. The van der Waals surface area contributed by atoms with Gasteiger partial charge >= 0.3 is 0 Å². The molecular weight excluding hydrogens is 186 g/mol. The molecule has 1 rings (SSSR count). The van der Waals surface area contributed by atoms with Crippen LogP contribution in [0.3, 0.4) is 0 Å². The first-order valence-electron chi connectivity index (χ1n) is 5.41. The second-order valence-electron chi connectivity index (χ2n) is 4.63. The Morgan fingerprint density at radius 3 is 2.33 bits per heavy atom. The van der Waals surface area contributed by atoms with Crippen molar-refractivity contribution < 1.29 is 4.74 Å². The molecule has 2 heteroatoms. The Labute approximate surface area is 92.4 Å². The van der Waals surface area contributed by atoms with Gasteiger partial charge in [-0.1, -0.05) is 25.1 Å². The Morgan fingerprint density at radius 1 is 1.27 bits per heavy atom. The molecule has 2 nitrogen and oxygen atoms in total. The minimum atomic E-state index is -0.195. The number of benzene rings is 1. The average molecular weight is 207 g/mol. The van der Waals surface area contributed by atoms with Crippen LogP contribution < -0.4 is 10.5 Å². The third kappa shape index (κ3) is 3.24. The molecule has 0 amide bonds. The smallest absolute Gasteiger partial charge is 0.125 e. The SMILES string of the molecule is CCc1cccc(CC(C)(C)N)c1OC. The van der Waals surface area contributed by atoms with E-state index in [4.69, 9.17) is 10.5 Å². The molecule has 0 unspecified atom stereocenters. The minimum absolute atomic E-state index is 0.195. The summed E-state index contributed by atoms with van der Waals surface area (Å²) in [6, 6.07) is 6.26. The van der Waals surface area contributed by atoms with Gasteiger partial charge in [-0.25, -0.2) is 0 Å². The standard InChI is InChI=1S/C13H21NO/c1-5-10-7-6-8-11(12(10)15-4)9-13(2,3)14/h6-8H,5,9,14H2,1-4H3. The molecule has 0 saturated heterocycles. The molecule has 0 aliphatic rings. The van der Waals surface area contributed by atoms with E-state index in [-0.39, 0.29) is 5.54 Å². The van der Waals surface area contributed by atoms with E-state index in [0.29, 0.717) is 0 Å². The summed E-state index contributed by atoms with van der Waals surface area (Å²) >= 11 is 0. The van der Waals surface area contributed by atoms with Crippen molar-refractivity contribution >= 4 is 0 Å². The van der Waals surface area contributed by atoms with E-state index in [0.717, 1.165) is 18.6 Å². The molecule has 0 saturated carbocycles. The first-order chi connectivity index (χ1) is 6.98. The van der Waals surface area contributed by atoms with Crippen LogP contribution in [-0.4, -0.2) is 12.6 Å². The first kappa shape index (κ1) is 12.1. The van der Waals surface area contributed by atoms with Gasteiger partial charge in [-0.15, -0.1) is 0 Å². The van der Waals surface area contributed by atoms with E-state index in [1.54, 1.807) is 7.11 Å². The van der Waals surface area contributed by atoms with Crippen LogP contribution >= 0.6 is 0 Å². The van der Waals surface area contributed by atoms with Gasteiger partial charge < -0.3 is 10.5 Å². The van der Waals surface area contributed by atoms with Gasteiger partial charge in [0.1, 0.15) is 5.75 Å². The number of hydrogen-bond acceptors (Lipinski definition) is 2. The fourth-order valence-corrected chi connectivity index (χ4v) is 1.81. The Kier molecular flexibility index (Phi) is 3.75. The number of ether oxygens (including phenoxy) is 1. The maximum absolute atomic E-state index is 6.03. The van der Waals surface area contributed by atoms with Gasteiger partial charge in [0.25, 0.3) is 0 Å². The van der Waals surface area contributed by atoms with Crippen LogP contribution in [0.15, 0.2) is 18.2 Å². The number of hydrogen-bond donors (Lipinski definition) is 1. The van der Waals surface area contributed by atoms with Crippen LogP contribution in [0.2, 0.25) is 0 Å². The molecular formula is C13H21NO. The Balaban J connectivity index is 3.06. The number of para-hydroxylation sites is 1. The predicted molar refractivity (Wildman–Crippen MR) is 64.3 cm³/mol. The monoisotopic (exact) mass is 207 g/mol. The molecule has 0 aliphatic heterocycles. The molecule has 15 heavy (non-hydrogen) atoms. The van der Waals surface area contributed by atoms with E-state index in [9.17, 15) is 0 Å². The number of aryl methyl sites for hydroxylation is 1. The molecule has 0 spiro atoms. The second kappa shape index (κ2) is 4.67. The summed E-state index contributed by atoms with van der Waals surface area (Å²) in [4.78, 5) is 0. The van der Waals surface area contributed by atoms with Crippen LogP contribution in [0.5, 0.6) is 5.75 Å². The van der Waals surface area contributed by atoms with Crippen LogP contribution in [0.1, 0.15) is 31.9 Å². The molecule has 0 heterocycles. The topological polar surface area (TPSA) is 35.2 Å². The lowest BCUT2D eigenvalue weighted by molar-refractivity contribution is 0.398. The van der Waals surface area contributed by atoms with Crippen molar-refractivity contribution in [3.8, 4) is 5.75 Å². The van der Waals surface area contributed by atoms with Crippen molar-refractivity contribution in [1.29, 1.82) is 0 Å². The van der Waals surface area contributed by atoms with Gasteiger partial charge in [-0.2, -0.15) is 0 Å². The van der Waals surface area contributed by atoms with E-state index in [1.807, 2.05) is 13.8 Å². The molecule has 0 bridgehead atoms. The Hall–Kier alpha value is -1.02. The van der Waals surface area contributed by atoms with Crippen molar-refractivity contribution in [2.75, 3.05) is 7.11 Å². The molecule has 0 aromatic heterocycles. The number of nitrogens with two attached hydrogens (primary N) is 1. The third-order valence-electron chi connectivity index (χ3n) is 2.41. The molecule has 1 aromatic carbocycles. The summed E-state index contributed by atoms with van der Waals surface area (Å²) in [6.45, 7) is 6.20.